The van der Waals surface area contributed by atoms with Gasteiger partial charge in [0.2, 0.25) is 5.91 Å². The largest absolute Gasteiger partial charge is 0.340 e. The maximum atomic E-state index is 11.3. The van der Waals surface area contributed by atoms with Gasteiger partial charge >= 0.3 is 0 Å². The lowest BCUT2D eigenvalue weighted by Crippen LogP contribution is -2.48. The summed E-state index contributed by atoms with van der Waals surface area (Å²) >= 11 is 0. The molecule has 88 valence electrons. The van der Waals surface area contributed by atoms with Crippen molar-refractivity contribution in [2.24, 2.45) is 0 Å². The number of hydrogen-bond donors (Lipinski definition) is 0. The quantitative estimate of drug-likeness (QED) is 0.651. The zero-order chi connectivity index (χ0) is 11.7. The van der Waals surface area contributed by atoms with Crippen LogP contribution in [0.15, 0.2) is 0 Å². The van der Waals surface area contributed by atoms with E-state index in [2.05, 4.69) is 4.90 Å². The fourth-order valence-corrected chi connectivity index (χ4v) is 1.51. The molecule has 0 N–H and O–H groups in total. The molecule has 1 rings (SSSR count). The number of carbonyl (C=O) groups excluding carboxylic acids is 2. The van der Waals surface area contributed by atoms with Crippen molar-refractivity contribution in [3.8, 4) is 0 Å². The molecule has 1 amide bonds. The second-order valence-electron chi connectivity index (χ2n) is 3.20. The van der Waals surface area contributed by atoms with Gasteiger partial charge in [0.25, 0.3) is 0 Å². The summed E-state index contributed by atoms with van der Waals surface area (Å²) in [5.74, 6) is 0.214. The molecular weight excluding hydrogens is 192 g/mol. The molecule has 4 heteroatoms. The minimum Gasteiger partial charge on any atom is -0.340 e. The van der Waals surface area contributed by atoms with Crippen LogP contribution in [0.1, 0.15) is 27.2 Å². The highest BCUT2D eigenvalue weighted by molar-refractivity contribution is 5.75. The highest BCUT2D eigenvalue weighted by Crippen LogP contribution is 2.02. The van der Waals surface area contributed by atoms with Gasteiger partial charge < -0.3 is 9.69 Å². The van der Waals surface area contributed by atoms with Gasteiger partial charge in [-0.2, -0.15) is 0 Å². The summed E-state index contributed by atoms with van der Waals surface area (Å²) < 4.78 is 0. The summed E-state index contributed by atoms with van der Waals surface area (Å²) in [7, 11) is 0. The van der Waals surface area contributed by atoms with Crippen LogP contribution in [-0.4, -0.2) is 54.7 Å². The van der Waals surface area contributed by atoms with Gasteiger partial charge in [-0.3, -0.25) is 9.69 Å². The fourth-order valence-electron chi connectivity index (χ4n) is 1.51. The molecule has 0 radical (unpaired) electrons. The summed E-state index contributed by atoms with van der Waals surface area (Å²) in [5.41, 5.74) is 0. The molecule has 1 saturated heterocycles. The van der Waals surface area contributed by atoms with Gasteiger partial charge in [-0.1, -0.05) is 20.8 Å². The molecule has 1 fully saturated rings. The molecule has 1 aliphatic rings. The average molecular weight is 214 g/mol. The molecule has 0 aromatic carbocycles. The molecule has 15 heavy (non-hydrogen) atoms. The Hall–Kier alpha value is -0.900. The van der Waals surface area contributed by atoms with E-state index in [-0.39, 0.29) is 5.91 Å². The first-order valence-electron chi connectivity index (χ1n) is 5.71. The van der Waals surface area contributed by atoms with Gasteiger partial charge in [0.05, 0.1) is 6.54 Å². The molecule has 0 atom stereocenters. The molecule has 0 spiro atoms. The highest BCUT2D eigenvalue weighted by Gasteiger charge is 2.18. The Morgan fingerprint density at radius 2 is 1.73 bits per heavy atom. The van der Waals surface area contributed by atoms with Crippen LogP contribution in [0.2, 0.25) is 0 Å². The Bertz CT molecular complexity index is 187. The second kappa shape index (κ2) is 8.41. The third kappa shape index (κ3) is 4.93. The van der Waals surface area contributed by atoms with E-state index in [1.807, 2.05) is 25.7 Å². The standard InChI is InChI=1S/C9H16N2O2.C2H6/c1-2-9(13)11-5-3-10(4-6-11)7-8-12;1-2/h8H,2-7H2,1H3;1-2H3. The van der Waals surface area contributed by atoms with Crippen molar-refractivity contribution in [2.75, 3.05) is 32.7 Å². The maximum Gasteiger partial charge on any atom is 0.222 e. The lowest BCUT2D eigenvalue weighted by atomic mass is 10.3. The minimum absolute atomic E-state index is 0.214. The lowest BCUT2D eigenvalue weighted by molar-refractivity contribution is -0.132. The Labute approximate surface area is 92.2 Å². The first kappa shape index (κ1) is 14.1. The SMILES string of the molecule is CC.CCC(=O)N1CCN(CC=O)CC1. The van der Waals surface area contributed by atoms with Crippen molar-refractivity contribution in [1.29, 1.82) is 0 Å². The highest BCUT2D eigenvalue weighted by atomic mass is 16.2. The summed E-state index contributed by atoms with van der Waals surface area (Å²) in [6.45, 7) is 9.55. The molecule has 0 aliphatic carbocycles. The van der Waals surface area contributed by atoms with E-state index in [1.54, 1.807) is 0 Å². The number of carbonyl (C=O) groups is 2. The Kier molecular flexibility index (Phi) is 7.91. The van der Waals surface area contributed by atoms with E-state index in [4.69, 9.17) is 0 Å². The number of hydrogen-bond acceptors (Lipinski definition) is 3. The molecule has 0 aromatic rings. The Morgan fingerprint density at radius 3 is 2.13 bits per heavy atom. The van der Waals surface area contributed by atoms with E-state index in [1.165, 1.54) is 0 Å². The van der Waals surface area contributed by atoms with Crippen LogP contribution in [-0.2, 0) is 9.59 Å². The zero-order valence-electron chi connectivity index (χ0n) is 10.0. The first-order chi connectivity index (χ1) is 7.27. The normalized spacial score (nSPS) is 16.6. The predicted molar refractivity (Wildman–Crippen MR) is 60.7 cm³/mol. The Balaban J connectivity index is 0.000000921. The fraction of sp³-hybridized carbons (Fsp3) is 0.818. The molecule has 1 heterocycles. The monoisotopic (exact) mass is 214 g/mol. The summed E-state index contributed by atoms with van der Waals surface area (Å²) in [4.78, 5) is 25.4. The van der Waals surface area contributed by atoms with E-state index in [0.29, 0.717) is 13.0 Å². The molecule has 0 saturated carbocycles. The van der Waals surface area contributed by atoms with Crippen molar-refractivity contribution in [1.82, 2.24) is 9.80 Å². The lowest BCUT2D eigenvalue weighted by Gasteiger charge is -2.33. The number of nitrogens with zero attached hydrogens (tertiary/aromatic N) is 2. The van der Waals surface area contributed by atoms with Crippen LogP contribution >= 0.6 is 0 Å². The van der Waals surface area contributed by atoms with E-state index < -0.39 is 0 Å². The van der Waals surface area contributed by atoms with Gasteiger partial charge in [0.15, 0.2) is 0 Å². The third-order valence-corrected chi connectivity index (χ3v) is 2.36. The number of aldehydes is 1. The van der Waals surface area contributed by atoms with Crippen molar-refractivity contribution in [3.63, 3.8) is 0 Å². The molecule has 0 unspecified atom stereocenters. The predicted octanol–water partition coefficient (Wildman–Crippen LogP) is 0.766. The van der Waals surface area contributed by atoms with Gasteiger partial charge in [-0.15, -0.1) is 0 Å². The van der Waals surface area contributed by atoms with Crippen molar-refractivity contribution >= 4 is 12.2 Å². The Morgan fingerprint density at radius 1 is 1.20 bits per heavy atom. The molecule has 0 aromatic heterocycles. The topological polar surface area (TPSA) is 40.6 Å². The van der Waals surface area contributed by atoms with Crippen LogP contribution in [0.3, 0.4) is 0 Å². The van der Waals surface area contributed by atoms with Crippen LogP contribution in [0, 0.1) is 0 Å². The summed E-state index contributed by atoms with van der Waals surface area (Å²) in [6.07, 6.45) is 1.49. The average Bonchev–Trinajstić information content (AvgIpc) is 2.32. The molecular formula is C11H22N2O2. The third-order valence-electron chi connectivity index (χ3n) is 2.36. The van der Waals surface area contributed by atoms with Crippen LogP contribution in [0.4, 0.5) is 0 Å². The van der Waals surface area contributed by atoms with E-state index in [0.717, 1.165) is 32.5 Å². The number of piperazine rings is 1. The van der Waals surface area contributed by atoms with Crippen LogP contribution in [0.25, 0.3) is 0 Å². The van der Waals surface area contributed by atoms with Crippen LogP contribution < -0.4 is 0 Å². The molecule has 4 nitrogen and oxygen atoms in total. The van der Waals surface area contributed by atoms with E-state index >= 15 is 0 Å². The summed E-state index contributed by atoms with van der Waals surface area (Å²) in [6, 6.07) is 0. The van der Waals surface area contributed by atoms with Crippen LogP contribution in [0.5, 0.6) is 0 Å². The smallest absolute Gasteiger partial charge is 0.222 e. The summed E-state index contributed by atoms with van der Waals surface area (Å²) in [5, 5.41) is 0. The molecule has 1 aliphatic heterocycles. The van der Waals surface area contributed by atoms with Gasteiger partial charge in [-0.25, -0.2) is 0 Å². The second-order valence-corrected chi connectivity index (χ2v) is 3.20. The van der Waals surface area contributed by atoms with Gasteiger partial charge in [0.1, 0.15) is 6.29 Å². The minimum atomic E-state index is 0.214. The van der Waals surface area contributed by atoms with Crippen molar-refractivity contribution in [2.45, 2.75) is 27.2 Å². The molecule has 0 bridgehead atoms. The van der Waals surface area contributed by atoms with Crippen molar-refractivity contribution in [3.05, 3.63) is 0 Å². The zero-order valence-corrected chi connectivity index (χ0v) is 10.0. The van der Waals surface area contributed by atoms with Gasteiger partial charge in [0, 0.05) is 32.6 Å². The maximum absolute atomic E-state index is 11.3. The number of rotatable bonds is 3. The van der Waals surface area contributed by atoms with Gasteiger partial charge in [-0.05, 0) is 0 Å². The number of amides is 1. The first-order valence-corrected chi connectivity index (χ1v) is 5.71. The van der Waals surface area contributed by atoms with E-state index in [9.17, 15) is 9.59 Å². The van der Waals surface area contributed by atoms with Crippen molar-refractivity contribution < 1.29 is 9.59 Å².